The van der Waals surface area contributed by atoms with Gasteiger partial charge in [-0.3, -0.25) is 14.2 Å². The van der Waals surface area contributed by atoms with Crippen LogP contribution >= 0.6 is 11.6 Å². The predicted octanol–water partition coefficient (Wildman–Crippen LogP) is 6.17. The number of halogens is 1. The topological polar surface area (TPSA) is 132 Å². The summed E-state index contributed by atoms with van der Waals surface area (Å²) in [5.74, 6) is 1.31. The van der Waals surface area contributed by atoms with Crippen molar-refractivity contribution in [2.75, 3.05) is 5.32 Å². The first-order valence-electron chi connectivity index (χ1n) is 13.4. The van der Waals surface area contributed by atoms with Crippen molar-refractivity contribution in [1.29, 1.82) is 0 Å². The number of rotatable bonds is 6. The summed E-state index contributed by atoms with van der Waals surface area (Å²) in [4.78, 5) is 47.7. The summed E-state index contributed by atoms with van der Waals surface area (Å²) < 4.78 is 7.01. The molecule has 0 fully saturated rings. The molecule has 0 bridgehead atoms. The number of fused-ring (bicyclic) bond motifs is 2. The minimum atomic E-state index is -0.554. The lowest BCUT2D eigenvalue weighted by Gasteiger charge is -2.24. The largest absolute Gasteiger partial charge is 0.461 e. The number of pyridine rings is 2. The highest BCUT2D eigenvalue weighted by Gasteiger charge is 2.24. The number of anilines is 1. The van der Waals surface area contributed by atoms with Crippen LogP contribution in [0.3, 0.4) is 0 Å². The van der Waals surface area contributed by atoms with Crippen LogP contribution in [0.2, 0.25) is 5.02 Å². The van der Waals surface area contributed by atoms with Crippen molar-refractivity contribution >= 4 is 39.2 Å². The van der Waals surface area contributed by atoms with Crippen molar-refractivity contribution in [3.63, 3.8) is 0 Å². The Morgan fingerprint density at radius 1 is 0.907 bits per heavy atom. The fourth-order valence-electron chi connectivity index (χ4n) is 5.27. The Balaban J connectivity index is 1.43. The molecule has 0 saturated heterocycles. The molecule has 0 amide bonds. The number of furan rings is 1. The first kappa shape index (κ1) is 26.3. The van der Waals surface area contributed by atoms with Crippen LogP contribution < -0.4 is 16.3 Å². The van der Waals surface area contributed by atoms with Crippen LogP contribution in [-0.2, 0) is 0 Å². The van der Waals surface area contributed by atoms with Gasteiger partial charge in [-0.2, -0.15) is 0 Å². The molecule has 1 atom stereocenters. The van der Waals surface area contributed by atoms with Gasteiger partial charge in [-0.15, -0.1) is 0 Å². The summed E-state index contributed by atoms with van der Waals surface area (Å²) in [6.45, 7) is 1.86. The van der Waals surface area contributed by atoms with Crippen LogP contribution in [0.1, 0.15) is 18.7 Å². The van der Waals surface area contributed by atoms with Crippen LogP contribution in [-0.4, -0.2) is 29.5 Å². The van der Waals surface area contributed by atoms with Crippen LogP contribution in [0.5, 0.6) is 0 Å². The Morgan fingerprint density at radius 2 is 1.72 bits per heavy atom. The molecule has 11 heteroatoms. The number of H-pyrrole nitrogens is 1. The number of nitrogens with zero attached hydrogens (tertiary/aromatic N) is 5. The fourth-order valence-corrected chi connectivity index (χ4v) is 5.68. The van der Waals surface area contributed by atoms with Crippen molar-refractivity contribution in [1.82, 2.24) is 29.5 Å². The molecule has 0 spiro atoms. The van der Waals surface area contributed by atoms with Crippen LogP contribution in [0.25, 0.3) is 50.2 Å². The molecule has 10 nitrogen and oxygen atoms in total. The van der Waals surface area contributed by atoms with Crippen LogP contribution in [0.15, 0.2) is 112 Å². The normalized spacial score (nSPS) is 12.0. The van der Waals surface area contributed by atoms with Crippen molar-refractivity contribution in [3.8, 4) is 28.4 Å². The van der Waals surface area contributed by atoms with E-state index >= 15 is 0 Å². The van der Waals surface area contributed by atoms with Gasteiger partial charge in [0, 0.05) is 41.3 Å². The average Bonchev–Trinajstić information content (AvgIpc) is 3.58. The van der Waals surface area contributed by atoms with E-state index in [1.807, 2.05) is 55.5 Å². The van der Waals surface area contributed by atoms with Gasteiger partial charge in [0.05, 0.1) is 28.4 Å². The number of para-hydroxylation sites is 1. The lowest BCUT2D eigenvalue weighted by Crippen LogP contribution is -2.27. The zero-order chi connectivity index (χ0) is 29.5. The van der Waals surface area contributed by atoms with Crippen molar-refractivity contribution < 1.29 is 4.42 Å². The first-order valence-corrected chi connectivity index (χ1v) is 13.8. The van der Waals surface area contributed by atoms with Gasteiger partial charge < -0.3 is 14.7 Å². The second kappa shape index (κ2) is 10.7. The van der Waals surface area contributed by atoms with E-state index in [0.29, 0.717) is 66.7 Å². The molecule has 0 aliphatic carbocycles. The monoisotopic (exact) mass is 587 g/mol. The van der Waals surface area contributed by atoms with Gasteiger partial charge in [-0.25, -0.2) is 19.9 Å². The number of aromatic nitrogens is 6. The molecule has 7 rings (SSSR count). The van der Waals surface area contributed by atoms with Crippen molar-refractivity contribution in [3.05, 3.63) is 129 Å². The van der Waals surface area contributed by atoms with Gasteiger partial charge in [0.2, 0.25) is 0 Å². The lowest BCUT2D eigenvalue weighted by molar-refractivity contribution is 0.577. The number of hydrogen-bond donors (Lipinski definition) is 2. The Morgan fingerprint density at radius 3 is 2.49 bits per heavy atom. The summed E-state index contributed by atoms with van der Waals surface area (Å²) in [6, 6.07) is 19.2. The third-order valence-corrected chi connectivity index (χ3v) is 7.61. The predicted molar refractivity (Wildman–Crippen MR) is 165 cm³/mol. The molecule has 5 heterocycles. The van der Waals surface area contributed by atoms with E-state index < -0.39 is 6.04 Å². The van der Waals surface area contributed by atoms with E-state index in [1.54, 1.807) is 35.4 Å². The van der Waals surface area contributed by atoms with E-state index in [-0.39, 0.29) is 11.0 Å². The van der Waals surface area contributed by atoms with Gasteiger partial charge in [0.25, 0.3) is 5.56 Å². The van der Waals surface area contributed by atoms with Crippen LogP contribution in [0.4, 0.5) is 5.82 Å². The fraction of sp³-hybridized carbons (Fsp3) is 0.0625. The molecule has 0 saturated carbocycles. The summed E-state index contributed by atoms with van der Waals surface area (Å²) >= 11 is 7.19. The highest BCUT2D eigenvalue weighted by molar-refractivity contribution is 6.36. The molecule has 0 unspecified atom stereocenters. The maximum Gasteiger partial charge on any atom is 0.263 e. The molecule has 210 valence electrons. The Bertz CT molecular complexity index is 2220. The molecular weight excluding hydrogens is 566 g/mol. The number of hydrogen-bond acceptors (Lipinski definition) is 8. The van der Waals surface area contributed by atoms with E-state index in [9.17, 15) is 9.59 Å². The SMILES string of the molecule is C[C@H](Nc1ncnc2[nH]ccc(=O)c12)c1c(Cl)c2cccc(-c3cnc(-c4ccco4)nc3)c2c(=O)n1-c1ccccc1. The van der Waals surface area contributed by atoms with Crippen molar-refractivity contribution in [2.45, 2.75) is 13.0 Å². The Hall–Kier alpha value is -5.61. The van der Waals surface area contributed by atoms with Gasteiger partial charge in [0.15, 0.2) is 17.0 Å². The third-order valence-electron chi connectivity index (χ3n) is 7.21. The molecule has 5 aromatic heterocycles. The minimum absolute atomic E-state index is 0.237. The van der Waals surface area contributed by atoms with E-state index in [1.165, 1.54) is 18.6 Å². The van der Waals surface area contributed by atoms with Crippen molar-refractivity contribution in [2.24, 2.45) is 0 Å². The quantitative estimate of drug-likeness (QED) is 0.236. The smallest absolute Gasteiger partial charge is 0.263 e. The van der Waals surface area contributed by atoms with Gasteiger partial charge in [-0.05, 0) is 36.8 Å². The van der Waals surface area contributed by atoms with E-state index in [0.717, 1.165) is 0 Å². The summed E-state index contributed by atoms with van der Waals surface area (Å²) in [5.41, 5.74) is 2.31. The third kappa shape index (κ3) is 4.54. The van der Waals surface area contributed by atoms with Gasteiger partial charge in [0.1, 0.15) is 23.2 Å². The van der Waals surface area contributed by atoms with Gasteiger partial charge in [-0.1, -0.05) is 48.0 Å². The molecule has 2 aromatic carbocycles. The second-order valence-electron chi connectivity index (χ2n) is 9.83. The first-order chi connectivity index (χ1) is 21.0. The summed E-state index contributed by atoms with van der Waals surface area (Å²) in [7, 11) is 0. The van der Waals surface area contributed by atoms with E-state index in [2.05, 4.69) is 30.2 Å². The molecular formula is C32H22ClN7O3. The molecule has 2 N–H and O–H groups in total. The zero-order valence-electron chi connectivity index (χ0n) is 22.7. The zero-order valence-corrected chi connectivity index (χ0v) is 23.4. The minimum Gasteiger partial charge on any atom is -0.461 e. The standard InChI is InChI=1S/C32H22ClN7O3/c1-18(39-31-26-23(41)12-13-34-30(26)37-17-38-31)28-27(33)22-10-5-9-21(19-15-35-29(36-16-19)24-11-6-14-43-24)25(22)32(42)40(28)20-7-3-2-4-8-20/h2-18H,1H3,(H2,34,37,38,39,41)/t18-/m0/s1. The van der Waals surface area contributed by atoms with E-state index in [4.69, 9.17) is 16.0 Å². The number of aromatic amines is 1. The number of nitrogens with one attached hydrogen (secondary N) is 2. The maximum absolute atomic E-state index is 14.5. The molecule has 7 aromatic rings. The highest BCUT2D eigenvalue weighted by atomic mass is 35.5. The average molecular weight is 588 g/mol. The molecule has 0 aliphatic heterocycles. The molecule has 43 heavy (non-hydrogen) atoms. The molecule has 0 aliphatic rings. The highest BCUT2D eigenvalue weighted by Crippen LogP contribution is 2.36. The summed E-state index contributed by atoms with van der Waals surface area (Å²) in [5, 5.41) is 4.98. The number of benzene rings is 2. The Kier molecular flexibility index (Phi) is 6.52. The van der Waals surface area contributed by atoms with Gasteiger partial charge >= 0.3 is 0 Å². The summed E-state index contributed by atoms with van der Waals surface area (Å²) in [6.07, 6.45) is 7.78. The lowest BCUT2D eigenvalue weighted by atomic mass is 9.99. The van der Waals surface area contributed by atoms with Crippen LogP contribution in [0, 0.1) is 0 Å². The molecule has 0 radical (unpaired) electrons. The second-order valence-corrected chi connectivity index (χ2v) is 10.2. The maximum atomic E-state index is 14.5. The Labute approximate surface area is 248 Å².